The van der Waals surface area contributed by atoms with Gasteiger partial charge in [0.25, 0.3) is 5.91 Å². The second-order valence-electron chi connectivity index (χ2n) is 4.64. The number of benzene rings is 2. The summed E-state index contributed by atoms with van der Waals surface area (Å²) in [5, 5.41) is 3.91. The van der Waals surface area contributed by atoms with Gasteiger partial charge in [-0.25, -0.2) is 5.43 Å². The van der Waals surface area contributed by atoms with E-state index in [9.17, 15) is 4.79 Å². The van der Waals surface area contributed by atoms with Gasteiger partial charge in [-0.15, -0.1) is 0 Å². The molecular weight excluding hydrogens is 423 g/mol. The molecule has 0 aliphatic carbocycles. The lowest BCUT2D eigenvalue weighted by molar-refractivity contribution is -0.123. The Balaban J connectivity index is 1.86. The number of nitrogens with zero attached hydrogens (tertiary/aromatic N) is 1. The summed E-state index contributed by atoms with van der Waals surface area (Å²) in [6.07, 6.45) is 1.50. The second kappa shape index (κ2) is 9.11. The molecule has 0 aliphatic heterocycles. The summed E-state index contributed by atoms with van der Waals surface area (Å²) in [4.78, 5) is 11.7. The molecule has 1 N–H and O–H groups in total. The van der Waals surface area contributed by atoms with Gasteiger partial charge in [0.2, 0.25) is 0 Å². The van der Waals surface area contributed by atoms with Gasteiger partial charge in [-0.05, 0) is 59.0 Å². The number of rotatable bonds is 7. The van der Waals surface area contributed by atoms with Crippen molar-refractivity contribution in [1.29, 1.82) is 0 Å². The molecule has 0 bridgehead atoms. The van der Waals surface area contributed by atoms with E-state index in [2.05, 4.69) is 33.1 Å². The Morgan fingerprint density at radius 3 is 2.50 bits per heavy atom. The quantitative estimate of drug-likeness (QED) is 0.409. The zero-order valence-electron chi connectivity index (χ0n) is 13.3. The minimum Gasteiger partial charge on any atom is -0.497 e. The van der Waals surface area contributed by atoms with Crippen LogP contribution in [-0.4, -0.2) is 32.9 Å². The summed E-state index contributed by atoms with van der Waals surface area (Å²) in [7, 11) is 3.13. The van der Waals surface area contributed by atoms with Gasteiger partial charge in [0.1, 0.15) is 17.2 Å². The molecule has 0 heterocycles. The maximum Gasteiger partial charge on any atom is 0.277 e. The average molecular weight is 440 g/mol. The maximum absolute atomic E-state index is 11.7. The Hall–Kier alpha value is -2.29. The molecule has 7 heteroatoms. The van der Waals surface area contributed by atoms with Crippen molar-refractivity contribution in [2.75, 3.05) is 20.8 Å². The van der Waals surface area contributed by atoms with Crippen LogP contribution < -0.4 is 19.6 Å². The molecule has 126 valence electrons. The molecule has 0 radical (unpaired) electrons. The van der Waals surface area contributed by atoms with Crippen molar-refractivity contribution < 1.29 is 19.0 Å². The zero-order chi connectivity index (χ0) is 17.4. The molecule has 24 heavy (non-hydrogen) atoms. The number of methoxy groups -OCH3 is 2. The maximum atomic E-state index is 11.7. The van der Waals surface area contributed by atoms with Gasteiger partial charge in [0.15, 0.2) is 6.61 Å². The smallest absolute Gasteiger partial charge is 0.277 e. The van der Waals surface area contributed by atoms with Crippen LogP contribution in [0.4, 0.5) is 0 Å². The molecule has 0 aromatic heterocycles. The zero-order valence-corrected chi connectivity index (χ0v) is 15.4. The number of carbonyl (C=O) groups is 1. The molecule has 0 spiro atoms. The highest BCUT2D eigenvalue weighted by Gasteiger charge is 2.04. The van der Waals surface area contributed by atoms with Gasteiger partial charge in [-0.2, -0.15) is 5.10 Å². The van der Waals surface area contributed by atoms with E-state index in [1.807, 2.05) is 12.1 Å². The first-order chi connectivity index (χ1) is 11.6. The number of ether oxygens (including phenoxy) is 3. The first kappa shape index (κ1) is 18.1. The summed E-state index contributed by atoms with van der Waals surface area (Å²) in [5.41, 5.74) is 3.13. The highest BCUT2D eigenvalue weighted by atomic mass is 127. The first-order valence-electron chi connectivity index (χ1n) is 7.04. The Kier molecular flexibility index (Phi) is 6.86. The van der Waals surface area contributed by atoms with Crippen molar-refractivity contribution in [2.24, 2.45) is 5.10 Å². The summed E-state index contributed by atoms with van der Waals surface area (Å²) < 4.78 is 16.8. The van der Waals surface area contributed by atoms with E-state index < -0.39 is 0 Å². The van der Waals surface area contributed by atoms with E-state index in [1.165, 1.54) is 6.21 Å². The van der Waals surface area contributed by atoms with Gasteiger partial charge in [0, 0.05) is 15.2 Å². The predicted molar refractivity (Wildman–Crippen MR) is 99.9 cm³/mol. The monoisotopic (exact) mass is 440 g/mol. The van der Waals surface area contributed by atoms with Crippen LogP contribution in [0, 0.1) is 3.57 Å². The highest BCUT2D eigenvalue weighted by Crippen LogP contribution is 2.22. The van der Waals surface area contributed by atoms with Gasteiger partial charge in [-0.1, -0.05) is 0 Å². The molecule has 0 fully saturated rings. The third-order valence-corrected chi connectivity index (χ3v) is 3.74. The highest BCUT2D eigenvalue weighted by molar-refractivity contribution is 14.1. The molecule has 0 atom stereocenters. The van der Waals surface area contributed by atoms with Crippen LogP contribution in [0.25, 0.3) is 0 Å². The lowest BCUT2D eigenvalue weighted by Gasteiger charge is -2.07. The third-order valence-electron chi connectivity index (χ3n) is 3.02. The molecule has 0 saturated carbocycles. The van der Waals surface area contributed by atoms with Gasteiger partial charge < -0.3 is 14.2 Å². The molecular formula is C17H17IN2O4. The van der Waals surface area contributed by atoms with Crippen LogP contribution in [0.5, 0.6) is 17.2 Å². The van der Waals surface area contributed by atoms with E-state index in [4.69, 9.17) is 14.2 Å². The van der Waals surface area contributed by atoms with Crippen molar-refractivity contribution in [3.05, 3.63) is 51.6 Å². The third kappa shape index (κ3) is 5.41. The second-order valence-corrected chi connectivity index (χ2v) is 5.89. The van der Waals surface area contributed by atoms with Crippen molar-refractivity contribution in [3.63, 3.8) is 0 Å². The molecule has 2 aromatic rings. The average Bonchev–Trinajstić information content (AvgIpc) is 2.61. The summed E-state index contributed by atoms with van der Waals surface area (Å²) in [5.74, 6) is 1.56. The largest absolute Gasteiger partial charge is 0.497 e. The number of amides is 1. The molecule has 0 saturated heterocycles. The van der Waals surface area contributed by atoms with Gasteiger partial charge in [-0.3, -0.25) is 4.79 Å². The minimum atomic E-state index is -0.350. The van der Waals surface area contributed by atoms with Gasteiger partial charge >= 0.3 is 0 Å². The normalized spacial score (nSPS) is 10.5. The fourth-order valence-electron chi connectivity index (χ4n) is 1.81. The Bertz CT molecular complexity index is 717. The number of hydrogen-bond donors (Lipinski definition) is 1. The standard InChI is InChI=1S/C17H17IN2O4/c1-22-15-6-3-12(16(9-15)23-2)10-19-20-17(21)11-24-14-7-4-13(18)5-8-14/h3-10H,11H2,1-2H3,(H,20,21)/b19-10-. The van der Waals surface area contributed by atoms with Crippen molar-refractivity contribution in [1.82, 2.24) is 5.43 Å². The van der Waals surface area contributed by atoms with Crippen molar-refractivity contribution in [3.8, 4) is 17.2 Å². The van der Waals surface area contributed by atoms with E-state index in [-0.39, 0.29) is 12.5 Å². The topological polar surface area (TPSA) is 69.2 Å². The van der Waals surface area contributed by atoms with Crippen LogP contribution in [0.15, 0.2) is 47.6 Å². The fraction of sp³-hybridized carbons (Fsp3) is 0.176. The van der Waals surface area contributed by atoms with E-state index in [0.717, 1.165) is 9.13 Å². The SMILES string of the molecule is COc1ccc(/C=N\NC(=O)COc2ccc(I)cc2)c(OC)c1. The Labute approximate surface area is 153 Å². The number of hydrazone groups is 1. The summed E-state index contributed by atoms with van der Waals surface area (Å²) in [6, 6.07) is 12.7. The van der Waals surface area contributed by atoms with Gasteiger partial charge in [0.05, 0.1) is 20.4 Å². The van der Waals surface area contributed by atoms with Crippen LogP contribution >= 0.6 is 22.6 Å². The number of halogens is 1. The number of carbonyl (C=O) groups excluding carboxylic acids is 1. The van der Waals surface area contributed by atoms with Crippen molar-refractivity contribution >= 4 is 34.7 Å². The fourth-order valence-corrected chi connectivity index (χ4v) is 2.17. The predicted octanol–water partition coefficient (Wildman–Crippen LogP) is 2.84. The molecule has 6 nitrogen and oxygen atoms in total. The van der Waals surface area contributed by atoms with Crippen LogP contribution in [0.2, 0.25) is 0 Å². The van der Waals surface area contributed by atoms with Crippen molar-refractivity contribution in [2.45, 2.75) is 0 Å². The number of nitrogens with one attached hydrogen (secondary N) is 1. The van der Waals surface area contributed by atoms with E-state index in [1.54, 1.807) is 44.6 Å². The molecule has 0 aliphatic rings. The Morgan fingerprint density at radius 1 is 1.12 bits per heavy atom. The summed E-state index contributed by atoms with van der Waals surface area (Å²) >= 11 is 2.20. The van der Waals surface area contributed by atoms with E-state index >= 15 is 0 Å². The van der Waals surface area contributed by atoms with Crippen LogP contribution in [0.3, 0.4) is 0 Å². The summed E-state index contributed by atoms with van der Waals surface area (Å²) in [6.45, 7) is -0.113. The lowest BCUT2D eigenvalue weighted by Crippen LogP contribution is -2.24. The molecule has 2 aromatic carbocycles. The molecule has 1 amide bonds. The van der Waals surface area contributed by atoms with Crippen LogP contribution in [-0.2, 0) is 4.79 Å². The lowest BCUT2D eigenvalue weighted by atomic mass is 10.2. The molecule has 2 rings (SSSR count). The molecule has 0 unspecified atom stereocenters. The number of hydrogen-bond acceptors (Lipinski definition) is 5. The van der Waals surface area contributed by atoms with Crippen LogP contribution in [0.1, 0.15) is 5.56 Å². The van der Waals surface area contributed by atoms with E-state index in [0.29, 0.717) is 17.2 Å². The first-order valence-corrected chi connectivity index (χ1v) is 8.12. The minimum absolute atomic E-state index is 0.113. The Morgan fingerprint density at radius 2 is 1.83 bits per heavy atom.